The van der Waals surface area contributed by atoms with Gasteiger partial charge in [-0.2, -0.15) is 0 Å². The van der Waals surface area contributed by atoms with Crippen molar-refractivity contribution in [2.75, 3.05) is 18.5 Å². The Hall–Kier alpha value is -3.06. The fraction of sp³-hybridized carbons (Fsp3) is 0.462. The van der Waals surface area contributed by atoms with Crippen molar-refractivity contribution < 1.29 is 19.4 Å². The standard InChI is InChI=1S/C26H33N3O4/c1-26(2,3)33-25(32)29-16-18-10-6-5-9-17(18)13-22(29)23(30)14-19-15-27-24(31)20-11-7-8-12-21(20)28(19)4/h5-12,19,22-23,30H,13-16H2,1-4H3,(H,27,31)/t19?,22-,23+/m0/s1. The van der Waals surface area contributed by atoms with E-state index >= 15 is 0 Å². The van der Waals surface area contributed by atoms with Gasteiger partial charge >= 0.3 is 6.09 Å². The van der Waals surface area contributed by atoms with Crippen LogP contribution in [-0.4, -0.2) is 59.4 Å². The highest BCUT2D eigenvalue weighted by atomic mass is 16.6. The van der Waals surface area contributed by atoms with Gasteiger partial charge in [0.25, 0.3) is 5.91 Å². The number of ether oxygens (including phenoxy) is 1. The second-order valence-corrected chi connectivity index (χ2v) is 9.94. The van der Waals surface area contributed by atoms with E-state index in [4.69, 9.17) is 4.74 Å². The molecule has 7 nitrogen and oxygen atoms in total. The molecule has 2 N–H and O–H groups in total. The number of aliphatic hydroxyl groups is 1. The number of aliphatic hydroxyl groups excluding tert-OH is 1. The van der Waals surface area contributed by atoms with Crippen LogP contribution >= 0.6 is 0 Å². The lowest BCUT2D eigenvalue weighted by molar-refractivity contribution is -0.0147. The summed E-state index contributed by atoms with van der Waals surface area (Å²) >= 11 is 0. The first-order chi connectivity index (χ1) is 15.6. The minimum absolute atomic E-state index is 0.114. The van der Waals surface area contributed by atoms with E-state index in [0.717, 1.165) is 16.8 Å². The van der Waals surface area contributed by atoms with Gasteiger partial charge in [-0.05, 0) is 56.9 Å². The SMILES string of the molecule is CN1c2ccccc2C(=O)NCC1C[C@@H](O)[C@@H]1Cc2ccccc2CN1C(=O)OC(C)(C)C. The molecule has 0 aliphatic carbocycles. The number of likely N-dealkylation sites (N-methyl/N-ethyl adjacent to an activating group) is 1. The van der Waals surface area contributed by atoms with Gasteiger partial charge in [-0.25, -0.2) is 4.79 Å². The lowest BCUT2D eigenvalue weighted by atomic mass is 9.89. The lowest BCUT2D eigenvalue weighted by Gasteiger charge is -2.41. The number of nitrogens with one attached hydrogen (secondary N) is 1. The summed E-state index contributed by atoms with van der Waals surface area (Å²) in [6.07, 6.45) is -0.262. The van der Waals surface area contributed by atoms with Gasteiger partial charge in [0.05, 0.1) is 17.7 Å². The maximum Gasteiger partial charge on any atom is 0.410 e. The highest BCUT2D eigenvalue weighted by molar-refractivity contribution is 6.00. The Morgan fingerprint density at radius 3 is 2.55 bits per heavy atom. The molecule has 0 bridgehead atoms. The van der Waals surface area contributed by atoms with Crippen LogP contribution in [0, 0.1) is 0 Å². The molecule has 0 spiro atoms. The molecule has 0 radical (unpaired) electrons. The van der Waals surface area contributed by atoms with E-state index in [-0.39, 0.29) is 11.9 Å². The molecule has 2 aliphatic heterocycles. The summed E-state index contributed by atoms with van der Waals surface area (Å²) in [6, 6.07) is 15.0. The lowest BCUT2D eigenvalue weighted by Crippen LogP contribution is -2.53. The first-order valence-electron chi connectivity index (χ1n) is 11.5. The van der Waals surface area contributed by atoms with Crippen molar-refractivity contribution >= 4 is 17.7 Å². The second-order valence-electron chi connectivity index (χ2n) is 9.94. The Morgan fingerprint density at radius 2 is 1.82 bits per heavy atom. The van der Waals surface area contributed by atoms with Crippen LogP contribution in [0.5, 0.6) is 0 Å². The van der Waals surface area contributed by atoms with E-state index in [9.17, 15) is 14.7 Å². The minimum Gasteiger partial charge on any atom is -0.444 e. The Balaban J connectivity index is 1.58. The minimum atomic E-state index is -0.791. The number of carbonyl (C=O) groups is 2. The number of anilines is 1. The molecule has 0 saturated heterocycles. The van der Waals surface area contributed by atoms with Gasteiger partial charge in [0, 0.05) is 31.9 Å². The summed E-state index contributed by atoms with van der Waals surface area (Å²) in [5.74, 6) is -0.114. The molecule has 2 aliphatic rings. The molecule has 176 valence electrons. The van der Waals surface area contributed by atoms with Crippen LogP contribution in [0.25, 0.3) is 0 Å². The maximum absolute atomic E-state index is 13.1. The number of carbonyl (C=O) groups excluding carboxylic acids is 2. The largest absolute Gasteiger partial charge is 0.444 e. The third-order valence-corrected chi connectivity index (χ3v) is 6.45. The number of nitrogens with zero attached hydrogens (tertiary/aromatic N) is 2. The number of hydrogen-bond donors (Lipinski definition) is 2. The van der Waals surface area contributed by atoms with E-state index in [1.54, 1.807) is 4.90 Å². The zero-order valence-corrected chi connectivity index (χ0v) is 19.7. The first-order valence-corrected chi connectivity index (χ1v) is 11.5. The normalized spacial score (nSPS) is 21.4. The van der Waals surface area contributed by atoms with E-state index in [0.29, 0.717) is 31.5 Å². The molecule has 7 heteroatoms. The number of hydrogen-bond acceptors (Lipinski definition) is 5. The van der Waals surface area contributed by atoms with Gasteiger partial charge in [-0.1, -0.05) is 36.4 Å². The fourth-order valence-electron chi connectivity index (χ4n) is 4.70. The van der Waals surface area contributed by atoms with Crippen LogP contribution in [-0.2, 0) is 17.7 Å². The van der Waals surface area contributed by atoms with Gasteiger partial charge in [-0.3, -0.25) is 9.69 Å². The van der Waals surface area contributed by atoms with Crippen LogP contribution in [0.15, 0.2) is 48.5 Å². The second kappa shape index (κ2) is 9.06. The highest BCUT2D eigenvalue weighted by Gasteiger charge is 2.38. The molecule has 0 aromatic heterocycles. The van der Waals surface area contributed by atoms with Crippen molar-refractivity contribution in [1.29, 1.82) is 0 Å². The zero-order chi connectivity index (χ0) is 23.8. The third kappa shape index (κ3) is 4.98. The van der Waals surface area contributed by atoms with Crippen LogP contribution in [0.2, 0.25) is 0 Å². The number of fused-ring (bicyclic) bond motifs is 2. The molecule has 3 atom stereocenters. The molecular formula is C26H33N3O4. The quantitative estimate of drug-likeness (QED) is 0.748. The molecule has 2 heterocycles. The maximum atomic E-state index is 13.1. The van der Waals surface area contributed by atoms with Crippen LogP contribution in [0.4, 0.5) is 10.5 Å². The molecule has 0 fully saturated rings. The van der Waals surface area contributed by atoms with Crippen LogP contribution < -0.4 is 10.2 Å². The van der Waals surface area contributed by atoms with Crippen molar-refractivity contribution in [1.82, 2.24) is 10.2 Å². The summed E-state index contributed by atoms with van der Waals surface area (Å²) in [7, 11) is 1.94. The van der Waals surface area contributed by atoms with Crippen molar-refractivity contribution in [3.8, 4) is 0 Å². The topological polar surface area (TPSA) is 82.1 Å². The van der Waals surface area contributed by atoms with Gasteiger partial charge < -0.3 is 20.1 Å². The van der Waals surface area contributed by atoms with Crippen molar-refractivity contribution in [2.45, 2.75) is 63.9 Å². The van der Waals surface area contributed by atoms with Crippen LogP contribution in [0.1, 0.15) is 48.7 Å². The van der Waals surface area contributed by atoms with Gasteiger partial charge in [-0.15, -0.1) is 0 Å². The average molecular weight is 452 g/mol. The van der Waals surface area contributed by atoms with Crippen molar-refractivity contribution in [3.05, 3.63) is 65.2 Å². The van der Waals surface area contributed by atoms with Gasteiger partial charge in [0.15, 0.2) is 0 Å². The molecular weight excluding hydrogens is 418 g/mol. The predicted octanol–water partition coefficient (Wildman–Crippen LogP) is 3.35. The molecule has 33 heavy (non-hydrogen) atoms. The first kappa shape index (κ1) is 23.1. The number of para-hydroxylation sites is 1. The van der Waals surface area contributed by atoms with Crippen molar-refractivity contribution in [2.24, 2.45) is 0 Å². The van der Waals surface area contributed by atoms with E-state index < -0.39 is 23.8 Å². The van der Waals surface area contributed by atoms with Gasteiger partial charge in [0.2, 0.25) is 0 Å². The Morgan fingerprint density at radius 1 is 1.15 bits per heavy atom. The Labute approximate surface area is 195 Å². The van der Waals surface area contributed by atoms with Gasteiger partial charge in [0.1, 0.15) is 5.60 Å². The average Bonchev–Trinajstić information content (AvgIpc) is 2.89. The molecule has 2 amide bonds. The molecule has 2 aromatic carbocycles. The molecule has 1 unspecified atom stereocenters. The molecule has 2 aromatic rings. The summed E-state index contributed by atoms with van der Waals surface area (Å²) in [6.45, 7) is 6.34. The zero-order valence-electron chi connectivity index (χ0n) is 19.7. The van der Waals surface area contributed by atoms with E-state index in [1.165, 1.54) is 0 Å². The molecule has 0 saturated carbocycles. The smallest absolute Gasteiger partial charge is 0.410 e. The monoisotopic (exact) mass is 451 g/mol. The molecule has 4 rings (SSSR count). The summed E-state index contributed by atoms with van der Waals surface area (Å²) < 4.78 is 5.67. The van der Waals surface area contributed by atoms with Crippen LogP contribution in [0.3, 0.4) is 0 Å². The highest BCUT2D eigenvalue weighted by Crippen LogP contribution is 2.30. The van der Waals surface area contributed by atoms with Crippen molar-refractivity contribution in [3.63, 3.8) is 0 Å². The third-order valence-electron chi connectivity index (χ3n) is 6.45. The summed E-state index contributed by atoms with van der Waals surface area (Å²) in [5, 5.41) is 14.4. The number of rotatable bonds is 3. The summed E-state index contributed by atoms with van der Waals surface area (Å²) in [5.41, 5.74) is 3.04. The predicted molar refractivity (Wildman–Crippen MR) is 127 cm³/mol. The van der Waals surface area contributed by atoms with E-state index in [2.05, 4.69) is 11.4 Å². The fourth-order valence-corrected chi connectivity index (χ4v) is 4.70. The summed E-state index contributed by atoms with van der Waals surface area (Å²) in [4.78, 5) is 29.3. The Kier molecular flexibility index (Phi) is 6.34. The van der Waals surface area contributed by atoms with E-state index in [1.807, 2.05) is 75.2 Å². The number of benzene rings is 2. The Bertz CT molecular complexity index is 1030. The number of amides is 2.